The molecule has 2 N–H and O–H groups in total. The minimum Gasteiger partial charge on any atom is -0.395 e. The molecule has 0 amide bonds. The Morgan fingerprint density at radius 1 is 1.22 bits per heavy atom. The van der Waals surface area contributed by atoms with Gasteiger partial charge >= 0.3 is 0 Å². The van der Waals surface area contributed by atoms with Crippen molar-refractivity contribution in [3.8, 4) is 22.6 Å². The van der Waals surface area contributed by atoms with Crippen molar-refractivity contribution in [1.29, 1.82) is 0 Å². The van der Waals surface area contributed by atoms with Crippen LogP contribution < -0.4 is 5.32 Å². The highest BCUT2D eigenvalue weighted by atomic mass is 16.3. The number of anilines is 1. The molecule has 3 aromatic heterocycles. The first-order valence-corrected chi connectivity index (χ1v) is 9.62. The van der Waals surface area contributed by atoms with Crippen LogP contribution in [0.5, 0.6) is 0 Å². The molecule has 138 valence electrons. The number of hydrogen-bond donors (Lipinski definition) is 2. The van der Waals surface area contributed by atoms with Gasteiger partial charge in [-0.15, -0.1) is 0 Å². The summed E-state index contributed by atoms with van der Waals surface area (Å²) >= 11 is 0. The van der Waals surface area contributed by atoms with Gasteiger partial charge in [-0.3, -0.25) is 4.98 Å². The molecule has 1 aliphatic heterocycles. The van der Waals surface area contributed by atoms with Crippen molar-refractivity contribution in [2.45, 2.75) is 38.1 Å². The van der Waals surface area contributed by atoms with Gasteiger partial charge in [0.15, 0.2) is 0 Å². The van der Waals surface area contributed by atoms with Gasteiger partial charge in [0.2, 0.25) is 0 Å². The largest absolute Gasteiger partial charge is 0.395 e. The molecule has 27 heavy (non-hydrogen) atoms. The average Bonchev–Trinajstić information content (AvgIpc) is 3.38. The van der Waals surface area contributed by atoms with Crippen LogP contribution in [0.2, 0.25) is 0 Å². The highest BCUT2D eigenvalue weighted by Gasteiger charge is 2.41. The van der Waals surface area contributed by atoms with E-state index in [9.17, 15) is 0 Å². The van der Waals surface area contributed by atoms with E-state index in [4.69, 9.17) is 15.1 Å². The van der Waals surface area contributed by atoms with E-state index in [0.717, 1.165) is 34.2 Å². The van der Waals surface area contributed by atoms with Crippen LogP contribution in [-0.4, -0.2) is 37.8 Å². The number of imidazole rings is 1. The maximum Gasteiger partial charge on any atom is 0.126 e. The Morgan fingerprint density at radius 3 is 3.00 bits per heavy atom. The maximum atomic E-state index is 9.09. The number of aliphatic hydroxyl groups is 1. The van der Waals surface area contributed by atoms with Crippen LogP contribution in [0.25, 0.3) is 22.6 Å². The molecule has 4 heterocycles. The fourth-order valence-corrected chi connectivity index (χ4v) is 4.52. The van der Waals surface area contributed by atoms with Crippen LogP contribution in [0, 0.1) is 6.92 Å². The summed E-state index contributed by atoms with van der Waals surface area (Å²) in [5.74, 6) is 2.55. The zero-order valence-electron chi connectivity index (χ0n) is 15.4. The van der Waals surface area contributed by atoms with Crippen molar-refractivity contribution in [3.63, 3.8) is 0 Å². The molecule has 1 fully saturated rings. The van der Waals surface area contributed by atoms with Crippen molar-refractivity contribution in [2.24, 2.45) is 0 Å². The predicted octanol–water partition coefficient (Wildman–Crippen LogP) is 3.54. The topological polar surface area (TPSA) is 75.9 Å². The normalized spacial score (nSPS) is 20.1. The van der Waals surface area contributed by atoms with E-state index in [2.05, 4.69) is 14.9 Å². The van der Waals surface area contributed by atoms with E-state index in [1.165, 1.54) is 25.1 Å². The van der Waals surface area contributed by atoms with Crippen molar-refractivity contribution in [2.75, 3.05) is 18.5 Å². The summed E-state index contributed by atoms with van der Waals surface area (Å²) in [7, 11) is 0. The molecule has 1 aliphatic carbocycles. The molecule has 0 aromatic carbocycles. The molecule has 0 spiro atoms. The summed E-state index contributed by atoms with van der Waals surface area (Å²) < 4.78 is 2.44. The summed E-state index contributed by atoms with van der Waals surface area (Å²) in [6, 6.07) is 10.7. The van der Waals surface area contributed by atoms with Gasteiger partial charge in [0.1, 0.15) is 17.3 Å². The quantitative estimate of drug-likeness (QED) is 0.727. The lowest BCUT2D eigenvalue weighted by Gasteiger charge is -2.17. The smallest absolute Gasteiger partial charge is 0.126 e. The van der Waals surface area contributed by atoms with Crippen molar-refractivity contribution in [3.05, 3.63) is 48.0 Å². The Bertz CT molecular complexity index is 996. The lowest BCUT2D eigenvalue weighted by Crippen LogP contribution is -2.09. The van der Waals surface area contributed by atoms with E-state index in [1.54, 1.807) is 0 Å². The summed E-state index contributed by atoms with van der Waals surface area (Å²) in [6.45, 7) is 2.58. The molecular weight excluding hydrogens is 338 g/mol. The number of pyridine rings is 2. The second-order valence-electron chi connectivity index (χ2n) is 7.45. The standard InChI is InChI=1S/C21H23N5O/c1-13-3-2-4-17(24-13)19-20(14-7-8-22-18(12-14)23-9-10-27)26-16-6-5-15(11-16)21(26)25-19/h2-4,7-8,12,15-16,27H,5-6,9-11H2,1H3,(H,22,23)/t15-,16+/m0/s1. The third kappa shape index (κ3) is 2.72. The minimum atomic E-state index is 0.0796. The lowest BCUT2D eigenvalue weighted by molar-refractivity contribution is 0.311. The second-order valence-corrected chi connectivity index (χ2v) is 7.45. The van der Waals surface area contributed by atoms with Crippen LogP contribution in [0.3, 0.4) is 0 Å². The number of aromatic nitrogens is 4. The number of rotatable bonds is 5. The van der Waals surface area contributed by atoms with Gasteiger partial charge in [-0.1, -0.05) is 6.07 Å². The molecule has 0 radical (unpaired) electrons. The molecule has 2 bridgehead atoms. The van der Waals surface area contributed by atoms with Gasteiger partial charge in [0.05, 0.1) is 18.0 Å². The first-order valence-electron chi connectivity index (χ1n) is 9.62. The van der Waals surface area contributed by atoms with Crippen LogP contribution in [0.15, 0.2) is 36.5 Å². The Kier molecular flexibility index (Phi) is 3.93. The molecule has 5 rings (SSSR count). The summed E-state index contributed by atoms with van der Waals surface area (Å²) in [5, 5.41) is 12.2. The molecular formula is C21H23N5O. The molecule has 6 heteroatoms. The molecule has 0 unspecified atom stereocenters. The van der Waals surface area contributed by atoms with Gasteiger partial charge in [-0.2, -0.15) is 0 Å². The first kappa shape index (κ1) is 16.4. The van der Waals surface area contributed by atoms with Crippen LogP contribution >= 0.6 is 0 Å². The molecule has 2 aliphatic rings. The highest BCUT2D eigenvalue weighted by molar-refractivity contribution is 5.79. The Hall–Kier alpha value is -2.73. The van der Waals surface area contributed by atoms with E-state index in [-0.39, 0.29) is 6.61 Å². The highest BCUT2D eigenvalue weighted by Crippen LogP contribution is 2.52. The second kappa shape index (κ2) is 6.46. The lowest BCUT2D eigenvalue weighted by atomic mass is 10.1. The van der Waals surface area contributed by atoms with Gasteiger partial charge in [0.25, 0.3) is 0 Å². The predicted molar refractivity (Wildman–Crippen MR) is 105 cm³/mol. The third-order valence-corrected chi connectivity index (χ3v) is 5.66. The summed E-state index contributed by atoms with van der Waals surface area (Å²) in [4.78, 5) is 14.2. The molecule has 0 saturated heterocycles. The van der Waals surface area contributed by atoms with Crippen LogP contribution in [0.4, 0.5) is 5.82 Å². The average molecular weight is 361 g/mol. The SMILES string of the molecule is Cc1cccc(-c2nc3n(c2-c2ccnc(NCCO)c2)[C@@H]2CC[C@H]3C2)n1. The Morgan fingerprint density at radius 2 is 2.15 bits per heavy atom. The van der Waals surface area contributed by atoms with Crippen molar-refractivity contribution < 1.29 is 5.11 Å². The fraction of sp³-hybridized carbons (Fsp3) is 0.381. The first-order chi connectivity index (χ1) is 13.2. The van der Waals surface area contributed by atoms with E-state index in [1.807, 2.05) is 43.5 Å². The minimum absolute atomic E-state index is 0.0796. The van der Waals surface area contributed by atoms with Crippen molar-refractivity contribution >= 4 is 5.82 Å². The van der Waals surface area contributed by atoms with Crippen LogP contribution in [0.1, 0.15) is 42.7 Å². The number of hydrogen-bond acceptors (Lipinski definition) is 5. The number of aryl methyl sites for hydroxylation is 1. The zero-order valence-corrected chi connectivity index (χ0v) is 15.4. The van der Waals surface area contributed by atoms with E-state index >= 15 is 0 Å². The summed E-state index contributed by atoms with van der Waals surface area (Å²) in [6.07, 6.45) is 5.48. The van der Waals surface area contributed by atoms with E-state index in [0.29, 0.717) is 18.5 Å². The molecule has 3 aromatic rings. The van der Waals surface area contributed by atoms with E-state index < -0.39 is 0 Å². The molecule has 2 atom stereocenters. The van der Waals surface area contributed by atoms with Gasteiger partial charge in [0, 0.05) is 36.0 Å². The monoisotopic (exact) mass is 361 g/mol. The van der Waals surface area contributed by atoms with Gasteiger partial charge in [-0.25, -0.2) is 9.97 Å². The number of nitrogens with one attached hydrogen (secondary N) is 1. The van der Waals surface area contributed by atoms with Gasteiger partial charge < -0.3 is 15.0 Å². The number of nitrogens with zero attached hydrogens (tertiary/aromatic N) is 4. The molecule has 6 nitrogen and oxygen atoms in total. The number of fused-ring (bicyclic) bond motifs is 5. The zero-order chi connectivity index (χ0) is 18.4. The number of aliphatic hydroxyl groups excluding tert-OH is 1. The fourth-order valence-electron chi connectivity index (χ4n) is 4.52. The van der Waals surface area contributed by atoms with Crippen molar-refractivity contribution in [1.82, 2.24) is 19.5 Å². The molecule has 1 saturated carbocycles. The Balaban J connectivity index is 1.68. The third-order valence-electron chi connectivity index (χ3n) is 5.66. The summed E-state index contributed by atoms with van der Waals surface area (Å²) in [5.41, 5.74) is 5.12. The maximum absolute atomic E-state index is 9.09. The Labute approximate surface area is 158 Å². The van der Waals surface area contributed by atoms with Gasteiger partial charge in [-0.05, 0) is 50.5 Å². The van der Waals surface area contributed by atoms with Crippen LogP contribution in [-0.2, 0) is 0 Å².